The predicted molar refractivity (Wildman–Crippen MR) is 83.9 cm³/mol. The summed E-state index contributed by atoms with van der Waals surface area (Å²) in [6.07, 6.45) is 2.02. The molecular formula is C16H17NO2S. The van der Waals surface area contributed by atoms with Gasteiger partial charge in [0, 0.05) is 16.1 Å². The fraction of sp³-hybridized carbons (Fsp3) is 0.188. The summed E-state index contributed by atoms with van der Waals surface area (Å²) in [7, 11) is 1.60. The Bertz CT molecular complexity index is 608. The molecule has 2 aromatic carbocycles. The summed E-state index contributed by atoms with van der Waals surface area (Å²) in [6.45, 7) is 1.95. The second-order valence-corrected chi connectivity index (χ2v) is 5.25. The Labute approximate surface area is 123 Å². The lowest BCUT2D eigenvalue weighted by molar-refractivity contribution is 0.102. The van der Waals surface area contributed by atoms with E-state index in [4.69, 9.17) is 4.74 Å². The van der Waals surface area contributed by atoms with Crippen molar-refractivity contribution in [1.29, 1.82) is 0 Å². The molecule has 1 N–H and O–H groups in total. The smallest absolute Gasteiger partial charge is 0.255 e. The normalized spacial score (nSPS) is 10.2. The molecule has 0 unspecified atom stereocenters. The minimum atomic E-state index is -0.139. The van der Waals surface area contributed by atoms with E-state index in [1.54, 1.807) is 31.0 Å². The van der Waals surface area contributed by atoms with Crippen molar-refractivity contribution in [3.63, 3.8) is 0 Å². The maximum Gasteiger partial charge on any atom is 0.255 e. The number of carbonyl (C=O) groups is 1. The Morgan fingerprint density at radius 3 is 2.45 bits per heavy atom. The van der Waals surface area contributed by atoms with Crippen molar-refractivity contribution in [1.82, 2.24) is 0 Å². The maximum atomic E-state index is 12.2. The first-order valence-electron chi connectivity index (χ1n) is 6.24. The average Bonchev–Trinajstić information content (AvgIpc) is 2.48. The van der Waals surface area contributed by atoms with Gasteiger partial charge in [-0.3, -0.25) is 4.79 Å². The number of ether oxygens (including phenoxy) is 1. The number of anilines is 1. The second-order valence-electron chi connectivity index (χ2n) is 4.37. The number of thioether (sulfide) groups is 1. The highest BCUT2D eigenvalue weighted by atomic mass is 32.2. The van der Waals surface area contributed by atoms with Crippen LogP contribution in [0.3, 0.4) is 0 Å². The molecule has 104 valence electrons. The number of hydrogen-bond acceptors (Lipinski definition) is 3. The highest BCUT2D eigenvalue weighted by molar-refractivity contribution is 7.98. The molecule has 0 radical (unpaired) electrons. The molecule has 0 aliphatic rings. The van der Waals surface area contributed by atoms with Crippen molar-refractivity contribution in [2.24, 2.45) is 0 Å². The number of methoxy groups -OCH3 is 1. The van der Waals surface area contributed by atoms with Crippen LogP contribution in [0.4, 0.5) is 5.69 Å². The standard InChI is InChI=1S/C16H17NO2S/c1-11-4-5-12(10-15(11)19-2)16(18)17-13-6-8-14(20-3)9-7-13/h4-10H,1-3H3,(H,17,18). The first-order chi connectivity index (χ1) is 9.63. The summed E-state index contributed by atoms with van der Waals surface area (Å²) in [5, 5.41) is 2.88. The van der Waals surface area contributed by atoms with Gasteiger partial charge < -0.3 is 10.1 Å². The molecule has 0 saturated carbocycles. The topological polar surface area (TPSA) is 38.3 Å². The zero-order valence-corrected chi connectivity index (χ0v) is 12.6. The molecular weight excluding hydrogens is 270 g/mol. The number of hydrogen-bond donors (Lipinski definition) is 1. The molecule has 3 nitrogen and oxygen atoms in total. The van der Waals surface area contributed by atoms with Crippen molar-refractivity contribution in [3.8, 4) is 5.75 Å². The van der Waals surface area contributed by atoms with E-state index in [0.29, 0.717) is 5.56 Å². The van der Waals surface area contributed by atoms with Crippen LogP contribution in [-0.4, -0.2) is 19.3 Å². The lowest BCUT2D eigenvalue weighted by Gasteiger charge is -2.09. The number of benzene rings is 2. The van der Waals surface area contributed by atoms with E-state index in [9.17, 15) is 4.79 Å². The highest BCUT2D eigenvalue weighted by Gasteiger charge is 2.08. The summed E-state index contributed by atoms with van der Waals surface area (Å²) in [5.41, 5.74) is 2.38. The third kappa shape index (κ3) is 3.33. The van der Waals surface area contributed by atoms with Gasteiger partial charge in [0.1, 0.15) is 5.75 Å². The van der Waals surface area contributed by atoms with Crippen LogP contribution < -0.4 is 10.1 Å². The lowest BCUT2D eigenvalue weighted by Crippen LogP contribution is -2.12. The van der Waals surface area contributed by atoms with E-state index in [1.807, 2.05) is 43.5 Å². The quantitative estimate of drug-likeness (QED) is 0.864. The van der Waals surface area contributed by atoms with Gasteiger partial charge in [-0.15, -0.1) is 11.8 Å². The zero-order chi connectivity index (χ0) is 14.5. The molecule has 0 aliphatic carbocycles. The van der Waals surface area contributed by atoms with Crippen molar-refractivity contribution >= 4 is 23.4 Å². The molecule has 1 amide bonds. The number of nitrogens with one attached hydrogen (secondary N) is 1. The van der Waals surface area contributed by atoms with Crippen molar-refractivity contribution < 1.29 is 9.53 Å². The predicted octanol–water partition coefficient (Wildman–Crippen LogP) is 3.98. The van der Waals surface area contributed by atoms with Crippen LogP contribution in [0.2, 0.25) is 0 Å². The summed E-state index contributed by atoms with van der Waals surface area (Å²) in [6, 6.07) is 13.2. The molecule has 0 saturated heterocycles. The maximum absolute atomic E-state index is 12.2. The first kappa shape index (κ1) is 14.5. The van der Waals surface area contributed by atoms with Crippen LogP contribution >= 0.6 is 11.8 Å². The largest absolute Gasteiger partial charge is 0.496 e. The Balaban J connectivity index is 2.14. The van der Waals surface area contributed by atoms with Crippen LogP contribution in [0.1, 0.15) is 15.9 Å². The van der Waals surface area contributed by atoms with Crippen LogP contribution in [0.5, 0.6) is 5.75 Å². The van der Waals surface area contributed by atoms with E-state index in [0.717, 1.165) is 17.0 Å². The molecule has 0 aliphatic heterocycles. The summed E-state index contributed by atoms with van der Waals surface area (Å²) < 4.78 is 5.23. The Morgan fingerprint density at radius 1 is 1.15 bits per heavy atom. The summed E-state index contributed by atoms with van der Waals surface area (Å²) in [4.78, 5) is 13.3. The fourth-order valence-electron chi connectivity index (χ4n) is 1.84. The number of rotatable bonds is 4. The lowest BCUT2D eigenvalue weighted by atomic mass is 10.1. The second kappa shape index (κ2) is 6.48. The van der Waals surface area contributed by atoms with E-state index in [2.05, 4.69) is 5.32 Å². The summed E-state index contributed by atoms with van der Waals surface area (Å²) >= 11 is 1.67. The van der Waals surface area contributed by atoms with Crippen LogP contribution in [-0.2, 0) is 0 Å². The fourth-order valence-corrected chi connectivity index (χ4v) is 2.25. The monoisotopic (exact) mass is 287 g/mol. The average molecular weight is 287 g/mol. The molecule has 0 bridgehead atoms. The van der Waals surface area contributed by atoms with Crippen molar-refractivity contribution in [2.75, 3.05) is 18.7 Å². The molecule has 0 atom stereocenters. The van der Waals surface area contributed by atoms with Gasteiger partial charge in [-0.05, 0) is 55.1 Å². The van der Waals surface area contributed by atoms with Crippen LogP contribution in [0, 0.1) is 6.92 Å². The SMILES string of the molecule is COc1cc(C(=O)Nc2ccc(SC)cc2)ccc1C. The van der Waals surface area contributed by atoms with E-state index in [-0.39, 0.29) is 5.91 Å². The van der Waals surface area contributed by atoms with Crippen LogP contribution in [0.25, 0.3) is 0 Å². The van der Waals surface area contributed by atoms with Gasteiger partial charge in [-0.2, -0.15) is 0 Å². The zero-order valence-electron chi connectivity index (χ0n) is 11.8. The minimum Gasteiger partial charge on any atom is -0.496 e. The van der Waals surface area contributed by atoms with Gasteiger partial charge in [-0.1, -0.05) is 6.07 Å². The van der Waals surface area contributed by atoms with Crippen LogP contribution in [0.15, 0.2) is 47.4 Å². The third-order valence-electron chi connectivity index (χ3n) is 3.02. The molecule has 2 aromatic rings. The molecule has 20 heavy (non-hydrogen) atoms. The minimum absolute atomic E-state index is 0.139. The van der Waals surface area contributed by atoms with E-state index in [1.165, 1.54) is 4.90 Å². The number of amides is 1. The molecule has 0 heterocycles. The molecule has 0 aromatic heterocycles. The van der Waals surface area contributed by atoms with E-state index >= 15 is 0 Å². The van der Waals surface area contributed by atoms with Gasteiger partial charge in [0.05, 0.1) is 7.11 Å². The molecule has 4 heteroatoms. The molecule has 0 spiro atoms. The van der Waals surface area contributed by atoms with Gasteiger partial charge >= 0.3 is 0 Å². The van der Waals surface area contributed by atoms with Gasteiger partial charge in [-0.25, -0.2) is 0 Å². The number of aryl methyl sites for hydroxylation is 1. The van der Waals surface area contributed by atoms with Gasteiger partial charge in [0.2, 0.25) is 0 Å². The van der Waals surface area contributed by atoms with Crippen molar-refractivity contribution in [2.45, 2.75) is 11.8 Å². The third-order valence-corrected chi connectivity index (χ3v) is 3.76. The van der Waals surface area contributed by atoms with Crippen molar-refractivity contribution in [3.05, 3.63) is 53.6 Å². The Hall–Kier alpha value is -1.94. The van der Waals surface area contributed by atoms with E-state index < -0.39 is 0 Å². The molecule has 0 fully saturated rings. The molecule has 2 rings (SSSR count). The number of carbonyl (C=O) groups excluding carboxylic acids is 1. The van der Waals surface area contributed by atoms with Gasteiger partial charge in [0.25, 0.3) is 5.91 Å². The Morgan fingerprint density at radius 2 is 1.85 bits per heavy atom. The Kier molecular flexibility index (Phi) is 4.69. The first-order valence-corrected chi connectivity index (χ1v) is 7.46. The summed E-state index contributed by atoms with van der Waals surface area (Å²) in [5.74, 6) is 0.579. The highest BCUT2D eigenvalue weighted by Crippen LogP contribution is 2.21. The van der Waals surface area contributed by atoms with Gasteiger partial charge in [0.15, 0.2) is 0 Å².